The van der Waals surface area contributed by atoms with Crippen molar-refractivity contribution < 1.29 is 0 Å². The zero-order valence-corrected chi connectivity index (χ0v) is 9.06. The minimum atomic E-state index is 0.602. The fourth-order valence-corrected chi connectivity index (χ4v) is 1.65. The van der Waals surface area contributed by atoms with E-state index in [4.69, 9.17) is 0 Å². The highest BCUT2D eigenvalue weighted by atomic mass is 15.5. The molecular formula is C13H10N4. The Kier molecular flexibility index (Phi) is 2.38. The number of pyridine rings is 1. The van der Waals surface area contributed by atoms with Crippen LogP contribution in [0.3, 0.4) is 0 Å². The molecule has 4 heteroatoms. The summed E-state index contributed by atoms with van der Waals surface area (Å²) in [7, 11) is 0. The Hall–Kier alpha value is -2.49. The number of nitrogens with zero attached hydrogens (tertiary/aromatic N) is 4. The summed E-state index contributed by atoms with van der Waals surface area (Å²) < 4.78 is 1.74. The molecule has 0 saturated heterocycles. The van der Waals surface area contributed by atoms with Gasteiger partial charge in [0.1, 0.15) is 0 Å². The van der Waals surface area contributed by atoms with Crippen molar-refractivity contribution in [2.75, 3.05) is 0 Å². The van der Waals surface area contributed by atoms with Crippen LogP contribution >= 0.6 is 0 Å². The summed E-state index contributed by atoms with van der Waals surface area (Å²) in [6.07, 6.45) is 3.58. The lowest BCUT2D eigenvalue weighted by Crippen LogP contribution is -1.83. The van der Waals surface area contributed by atoms with Gasteiger partial charge in [0.05, 0.1) is 5.52 Å². The van der Waals surface area contributed by atoms with Gasteiger partial charge >= 0.3 is 0 Å². The molecule has 0 atom stereocenters. The third-order valence-electron chi connectivity index (χ3n) is 2.47. The SMILES string of the molecule is c1ccc(/N=N/n2ccc3ccccc32)nc1. The molecule has 0 spiro atoms. The van der Waals surface area contributed by atoms with Crippen molar-refractivity contribution in [2.45, 2.75) is 0 Å². The Labute approximate surface area is 98.2 Å². The standard InChI is InChI=1S/C13H10N4/c1-2-6-12-11(5-1)8-10-17(12)16-15-13-7-3-4-9-14-13/h1-10H/b16-15+. The number of rotatable bonds is 2. The van der Waals surface area contributed by atoms with E-state index in [0.717, 1.165) is 10.9 Å². The van der Waals surface area contributed by atoms with Gasteiger partial charge in [-0.15, -0.1) is 5.11 Å². The molecule has 2 aromatic heterocycles. The number of para-hydroxylation sites is 1. The Morgan fingerprint density at radius 1 is 0.941 bits per heavy atom. The van der Waals surface area contributed by atoms with Gasteiger partial charge in [-0.3, -0.25) is 0 Å². The average Bonchev–Trinajstić information content (AvgIpc) is 2.81. The highest BCUT2D eigenvalue weighted by molar-refractivity contribution is 5.79. The summed E-state index contributed by atoms with van der Waals surface area (Å²) in [4.78, 5) is 4.08. The fourth-order valence-electron chi connectivity index (χ4n) is 1.65. The first-order valence-corrected chi connectivity index (χ1v) is 5.33. The van der Waals surface area contributed by atoms with Gasteiger partial charge in [-0.2, -0.15) is 0 Å². The van der Waals surface area contributed by atoms with Crippen molar-refractivity contribution in [2.24, 2.45) is 10.3 Å². The first-order chi connectivity index (χ1) is 8.43. The second kappa shape index (κ2) is 4.17. The maximum absolute atomic E-state index is 4.14. The van der Waals surface area contributed by atoms with Crippen LogP contribution in [0.5, 0.6) is 0 Å². The summed E-state index contributed by atoms with van der Waals surface area (Å²) in [5, 5.41) is 9.37. The minimum absolute atomic E-state index is 0.602. The van der Waals surface area contributed by atoms with E-state index in [-0.39, 0.29) is 0 Å². The number of aromatic nitrogens is 2. The molecule has 0 fully saturated rings. The smallest absolute Gasteiger partial charge is 0.176 e. The highest BCUT2D eigenvalue weighted by Gasteiger charge is 1.97. The predicted molar refractivity (Wildman–Crippen MR) is 66.1 cm³/mol. The molecule has 82 valence electrons. The molecule has 17 heavy (non-hydrogen) atoms. The van der Waals surface area contributed by atoms with Crippen molar-refractivity contribution in [3.8, 4) is 0 Å². The first-order valence-electron chi connectivity index (χ1n) is 5.33. The molecule has 0 amide bonds. The minimum Gasteiger partial charge on any atom is -0.236 e. The van der Waals surface area contributed by atoms with E-state index in [1.54, 1.807) is 10.9 Å². The number of hydrogen-bond acceptors (Lipinski definition) is 3. The second-order valence-electron chi connectivity index (χ2n) is 3.60. The molecule has 0 aliphatic rings. The van der Waals surface area contributed by atoms with Crippen molar-refractivity contribution in [3.63, 3.8) is 0 Å². The Balaban J connectivity index is 1.98. The molecule has 0 aliphatic carbocycles. The summed E-state index contributed by atoms with van der Waals surface area (Å²) >= 11 is 0. The summed E-state index contributed by atoms with van der Waals surface area (Å²) in [5.74, 6) is 0.602. The van der Waals surface area contributed by atoms with Crippen molar-refractivity contribution in [3.05, 3.63) is 60.9 Å². The lowest BCUT2D eigenvalue weighted by atomic mass is 10.3. The van der Waals surface area contributed by atoms with Crippen LogP contribution in [0.2, 0.25) is 0 Å². The Morgan fingerprint density at radius 3 is 2.71 bits per heavy atom. The van der Waals surface area contributed by atoms with Gasteiger partial charge in [0.2, 0.25) is 0 Å². The summed E-state index contributed by atoms with van der Waals surface area (Å²) in [6, 6.07) is 15.6. The van der Waals surface area contributed by atoms with E-state index < -0.39 is 0 Å². The number of hydrogen-bond donors (Lipinski definition) is 0. The molecular weight excluding hydrogens is 212 g/mol. The predicted octanol–water partition coefficient (Wildman–Crippen LogP) is 3.58. The second-order valence-corrected chi connectivity index (χ2v) is 3.60. The van der Waals surface area contributed by atoms with Gasteiger partial charge in [0, 0.05) is 17.8 Å². The zero-order valence-electron chi connectivity index (χ0n) is 9.06. The Bertz CT molecular complexity index is 655. The number of fused-ring (bicyclic) bond motifs is 1. The average molecular weight is 222 g/mol. The van der Waals surface area contributed by atoms with Crippen molar-refractivity contribution in [1.82, 2.24) is 9.66 Å². The monoisotopic (exact) mass is 222 g/mol. The van der Waals surface area contributed by atoms with Gasteiger partial charge in [0.25, 0.3) is 0 Å². The van der Waals surface area contributed by atoms with Crippen molar-refractivity contribution >= 4 is 16.7 Å². The van der Waals surface area contributed by atoms with E-state index in [2.05, 4.69) is 15.3 Å². The van der Waals surface area contributed by atoms with Crippen LogP contribution < -0.4 is 0 Å². The van der Waals surface area contributed by atoms with Gasteiger partial charge in [-0.1, -0.05) is 29.5 Å². The molecule has 2 heterocycles. The van der Waals surface area contributed by atoms with E-state index in [0.29, 0.717) is 5.82 Å². The maximum atomic E-state index is 4.14. The molecule has 0 aliphatic heterocycles. The molecule has 0 N–H and O–H groups in total. The topological polar surface area (TPSA) is 42.5 Å². The summed E-state index contributed by atoms with van der Waals surface area (Å²) in [5.41, 5.74) is 1.03. The molecule has 0 saturated carbocycles. The largest absolute Gasteiger partial charge is 0.236 e. The molecule has 0 unspecified atom stereocenters. The normalized spacial score (nSPS) is 11.3. The van der Waals surface area contributed by atoms with E-state index in [9.17, 15) is 0 Å². The third kappa shape index (κ3) is 1.92. The van der Waals surface area contributed by atoms with Crippen LogP contribution in [-0.4, -0.2) is 9.66 Å². The van der Waals surface area contributed by atoms with Gasteiger partial charge in [0.15, 0.2) is 5.82 Å². The van der Waals surface area contributed by atoms with Gasteiger partial charge in [-0.05, 0) is 24.3 Å². The van der Waals surface area contributed by atoms with Crippen molar-refractivity contribution in [1.29, 1.82) is 0 Å². The molecule has 0 radical (unpaired) electrons. The molecule has 0 bridgehead atoms. The Morgan fingerprint density at radius 2 is 1.82 bits per heavy atom. The molecule has 4 nitrogen and oxygen atoms in total. The van der Waals surface area contributed by atoms with Gasteiger partial charge in [-0.25, -0.2) is 9.66 Å². The van der Waals surface area contributed by atoms with Crippen LogP contribution in [-0.2, 0) is 0 Å². The van der Waals surface area contributed by atoms with Crippen LogP contribution in [0.15, 0.2) is 71.3 Å². The molecule has 3 aromatic rings. The van der Waals surface area contributed by atoms with E-state index >= 15 is 0 Å². The third-order valence-corrected chi connectivity index (χ3v) is 2.47. The van der Waals surface area contributed by atoms with Crippen LogP contribution in [0, 0.1) is 0 Å². The fraction of sp³-hybridized carbons (Fsp3) is 0. The van der Waals surface area contributed by atoms with Crippen LogP contribution in [0.25, 0.3) is 10.9 Å². The summed E-state index contributed by atoms with van der Waals surface area (Å²) in [6.45, 7) is 0. The highest BCUT2D eigenvalue weighted by Crippen LogP contribution is 2.16. The van der Waals surface area contributed by atoms with E-state index in [1.807, 2.05) is 54.7 Å². The quantitative estimate of drug-likeness (QED) is 0.611. The van der Waals surface area contributed by atoms with Crippen LogP contribution in [0.4, 0.5) is 5.82 Å². The number of benzene rings is 1. The van der Waals surface area contributed by atoms with Gasteiger partial charge < -0.3 is 0 Å². The molecule has 3 rings (SSSR count). The molecule has 1 aromatic carbocycles. The van der Waals surface area contributed by atoms with Crippen LogP contribution in [0.1, 0.15) is 0 Å². The lowest BCUT2D eigenvalue weighted by molar-refractivity contribution is 0.834. The van der Waals surface area contributed by atoms with E-state index in [1.165, 1.54) is 0 Å². The zero-order chi connectivity index (χ0) is 11.5. The lowest BCUT2D eigenvalue weighted by Gasteiger charge is -1.95. The first kappa shape index (κ1) is 9.72. The maximum Gasteiger partial charge on any atom is 0.176 e.